The topological polar surface area (TPSA) is 74.2 Å². The third-order valence-corrected chi connectivity index (χ3v) is 5.51. The van der Waals surface area contributed by atoms with Crippen LogP contribution >= 0.6 is 11.3 Å². The first-order valence-corrected chi connectivity index (χ1v) is 10.3. The Morgan fingerprint density at radius 2 is 1.93 bits per heavy atom. The molecule has 1 amide bonds. The number of rotatable bonds is 5. The number of piperazine rings is 1. The van der Waals surface area contributed by atoms with E-state index in [4.69, 9.17) is 0 Å². The van der Waals surface area contributed by atoms with Crippen LogP contribution < -0.4 is 10.2 Å². The molecule has 0 aromatic carbocycles. The highest BCUT2D eigenvalue weighted by molar-refractivity contribution is 7.10. The van der Waals surface area contributed by atoms with E-state index in [0.717, 1.165) is 35.2 Å². The van der Waals surface area contributed by atoms with Gasteiger partial charge >= 0.3 is 0 Å². The molecule has 0 spiro atoms. The maximum absolute atomic E-state index is 12.4. The molecule has 3 aromatic heterocycles. The summed E-state index contributed by atoms with van der Waals surface area (Å²) in [7, 11) is 0. The van der Waals surface area contributed by atoms with Crippen molar-refractivity contribution in [3.63, 3.8) is 0 Å². The molecule has 8 heteroatoms. The fourth-order valence-corrected chi connectivity index (χ4v) is 3.74. The quantitative estimate of drug-likeness (QED) is 0.655. The van der Waals surface area contributed by atoms with Crippen molar-refractivity contribution < 1.29 is 4.79 Å². The third kappa shape index (κ3) is 4.97. The number of nitrogens with one attached hydrogen (secondary N) is 1. The molecule has 1 fully saturated rings. The Bertz CT molecular complexity index is 996. The van der Waals surface area contributed by atoms with Crippen molar-refractivity contribution in [2.75, 3.05) is 36.4 Å². The van der Waals surface area contributed by atoms with Gasteiger partial charge in [0.15, 0.2) is 0 Å². The maximum Gasteiger partial charge on any atom is 0.246 e. The molecule has 4 rings (SSSR count). The normalized spacial score (nSPS) is 14.4. The Balaban J connectivity index is 1.35. The summed E-state index contributed by atoms with van der Waals surface area (Å²) >= 11 is 1.62. The monoisotopic (exact) mass is 406 g/mol. The molecule has 0 aliphatic carbocycles. The number of carbonyl (C=O) groups excluding carboxylic acids is 1. The van der Waals surface area contributed by atoms with Gasteiger partial charge in [0.25, 0.3) is 0 Å². The summed E-state index contributed by atoms with van der Waals surface area (Å²) in [4.78, 5) is 30.5. The molecule has 3 aromatic rings. The number of thiophene rings is 1. The predicted molar refractivity (Wildman–Crippen MR) is 116 cm³/mol. The molecule has 0 radical (unpaired) electrons. The Kier molecular flexibility index (Phi) is 5.81. The average molecular weight is 407 g/mol. The predicted octanol–water partition coefficient (Wildman–Crippen LogP) is 3.35. The lowest BCUT2D eigenvalue weighted by Crippen LogP contribution is -2.48. The van der Waals surface area contributed by atoms with Crippen molar-refractivity contribution in [2.45, 2.75) is 6.92 Å². The Hall–Kier alpha value is -3.26. The molecule has 0 saturated carbocycles. The van der Waals surface area contributed by atoms with Gasteiger partial charge in [-0.3, -0.25) is 4.79 Å². The molecule has 1 aliphatic rings. The Morgan fingerprint density at radius 1 is 1.10 bits per heavy atom. The minimum atomic E-state index is 0.0496. The van der Waals surface area contributed by atoms with Gasteiger partial charge in [-0.05, 0) is 42.1 Å². The summed E-state index contributed by atoms with van der Waals surface area (Å²) in [6.07, 6.45) is 6.85. The number of hydrogen-bond acceptors (Lipinski definition) is 7. The summed E-state index contributed by atoms with van der Waals surface area (Å²) in [6, 6.07) is 9.81. The largest absolute Gasteiger partial charge is 0.353 e. The van der Waals surface area contributed by atoms with Crippen LogP contribution in [0.3, 0.4) is 0 Å². The number of hydrogen-bond donors (Lipinski definition) is 1. The summed E-state index contributed by atoms with van der Waals surface area (Å²) in [5, 5.41) is 5.22. The van der Waals surface area contributed by atoms with Gasteiger partial charge in [-0.15, -0.1) is 11.3 Å². The van der Waals surface area contributed by atoms with Crippen LogP contribution in [0.4, 0.5) is 17.5 Å². The Morgan fingerprint density at radius 3 is 2.69 bits per heavy atom. The first kappa shape index (κ1) is 19.1. The van der Waals surface area contributed by atoms with Crippen LogP contribution in [0.15, 0.2) is 54.3 Å². The standard InChI is InChI=1S/C21H22N6OS/c1-16-6-7-22-18(13-16)25-19-14-20(24-15-23-19)26-8-10-27(11-9-26)21(28)5-4-17-3-2-12-29-17/h2-7,12-15H,8-11H2,1H3,(H,22,23,24,25)/b5-4+. The van der Waals surface area contributed by atoms with E-state index >= 15 is 0 Å². The zero-order valence-corrected chi connectivity index (χ0v) is 17.0. The number of aryl methyl sites for hydroxylation is 1. The van der Waals surface area contributed by atoms with Gasteiger partial charge in [0.05, 0.1) is 0 Å². The molecule has 1 N–H and O–H groups in total. The van der Waals surface area contributed by atoms with Crippen molar-refractivity contribution in [2.24, 2.45) is 0 Å². The van der Waals surface area contributed by atoms with Crippen molar-refractivity contribution >= 4 is 40.8 Å². The second-order valence-electron chi connectivity index (χ2n) is 6.77. The smallest absolute Gasteiger partial charge is 0.246 e. The second kappa shape index (κ2) is 8.83. The summed E-state index contributed by atoms with van der Waals surface area (Å²) in [5.41, 5.74) is 1.13. The van der Waals surface area contributed by atoms with E-state index in [1.54, 1.807) is 29.9 Å². The van der Waals surface area contributed by atoms with Crippen LogP contribution in [0, 0.1) is 6.92 Å². The van der Waals surface area contributed by atoms with E-state index in [1.165, 1.54) is 0 Å². The van der Waals surface area contributed by atoms with Crippen molar-refractivity contribution in [3.05, 3.63) is 64.8 Å². The van der Waals surface area contributed by atoms with Gasteiger partial charge in [0, 0.05) is 49.4 Å². The van der Waals surface area contributed by atoms with Crippen molar-refractivity contribution in [3.8, 4) is 0 Å². The summed E-state index contributed by atoms with van der Waals surface area (Å²) in [5.74, 6) is 2.35. The third-order valence-electron chi connectivity index (χ3n) is 4.67. The minimum absolute atomic E-state index is 0.0496. The zero-order valence-electron chi connectivity index (χ0n) is 16.2. The van der Waals surface area contributed by atoms with Gasteiger partial charge in [-0.2, -0.15) is 0 Å². The van der Waals surface area contributed by atoms with Crippen molar-refractivity contribution in [1.29, 1.82) is 0 Å². The van der Waals surface area contributed by atoms with Gasteiger partial charge in [-0.1, -0.05) is 6.07 Å². The van der Waals surface area contributed by atoms with E-state index in [2.05, 4.69) is 25.2 Å². The zero-order chi connectivity index (χ0) is 20.1. The lowest BCUT2D eigenvalue weighted by molar-refractivity contribution is -0.126. The highest BCUT2D eigenvalue weighted by Crippen LogP contribution is 2.19. The van der Waals surface area contributed by atoms with Crippen LogP contribution in [0.25, 0.3) is 6.08 Å². The maximum atomic E-state index is 12.4. The van der Waals surface area contributed by atoms with E-state index < -0.39 is 0 Å². The molecule has 0 unspecified atom stereocenters. The number of carbonyl (C=O) groups is 1. The average Bonchev–Trinajstić information content (AvgIpc) is 3.26. The number of amides is 1. The second-order valence-corrected chi connectivity index (χ2v) is 7.75. The molecule has 0 bridgehead atoms. The molecule has 7 nitrogen and oxygen atoms in total. The fourth-order valence-electron chi connectivity index (χ4n) is 3.12. The molecular formula is C21H22N6OS. The van der Waals surface area contributed by atoms with Crippen LogP contribution in [0.5, 0.6) is 0 Å². The van der Waals surface area contributed by atoms with Crippen LogP contribution in [0.1, 0.15) is 10.4 Å². The number of aromatic nitrogens is 3. The van der Waals surface area contributed by atoms with E-state index in [-0.39, 0.29) is 5.91 Å². The minimum Gasteiger partial charge on any atom is -0.353 e. The molecule has 148 valence electrons. The van der Waals surface area contributed by atoms with E-state index in [9.17, 15) is 4.79 Å². The molecule has 4 heterocycles. The fraction of sp³-hybridized carbons (Fsp3) is 0.238. The van der Waals surface area contributed by atoms with E-state index in [1.807, 2.05) is 53.6 Å². The molecule has 1 aliphatic heterocycles. The first-order valence-electron chi connectivity index (χ1n) is 9.44. The number of anilines is 3. The summed E-state index contributed by atoms with van der Waals surface area (Å²) in [6.45, 7) is 4.82. The van der Waals surface area contributed by atoms with Gasteiger partial charge in [0.2, 0.25) is 5.91 Å². The van der Waals surface area contributed by atoms with Gasteiger partial charge < -0.3 is 15.1 Å². The van der Waals surface area contributed by atoms with Gasteiger partial charge in [-0.25, -0.2) is 15.0 Å². The molecule has 1 saturated heterocycles. The highest BCUT2D eigenvalue weighted by Gasteiger charge is 2.21. The first-order chi connectivity index (χ1) is 14.2. The molecule has 0 atom stereocenters. The summed E-state index contributed by atoms with van der Waals surface area (Å²) < 4.78 is 0. The van der Waals surface area contributed by atoms with Crippen LogP contribution in [-0.2, 0) is 4.79 Å². The van der Waals surface area contributed by atoms with Crippen LogP contribution in [0.2, 0.25) is 0 Å². The lowest BCUT2D eigenvalue weighted by atomic mass is 10.3. The Labute approximate surface area is 173 Å². The number of pyridine rings is 1. The van der Waals surface area contributed by atoms with Crippen LogP contribution in [-0.4, -0.2) is 51.9 Å². The van der Waals surface area contributed by atoms with Crippen molar-refractivity contribution in [1.82, 2.24) is 19.9 Å². The molecule has 29 heavy (non-hydrogen) atoms. The van der Waals surface area contributed by atoms with E-state index in [0.29, 0.717) is 18.9 Å². The number of nitrogens with zero attached hydrogens (tertiary/aromatic N) is 5. The SMILES string of the molecule is Cc1ccnc(Nc2cc(N3CCN(C(=O)/C=C/c4cccs4)CC3)ncn2)c1. The molecular weight excluding hydrogens is 384 g/mol. The lowest BCUT2D eigenvalue weighted by Gasteiger charge is -2.35. The highest BCUT2D eigenvalue weighted by atomic mass is 32.1. The van der Waals surface area contributed by atoms with Gasteiger partial charge in [0.1, 0.15) is 23.8 Å².